The van der Waals surface area contributed by atoms with E-state index in [4.69, 9.17) is 5.10 Å². The van der Waals surface area contributed by atoms with Crippen molar-refractivity contribution in [3.05, 3.63) is 84.1 Å². The zero-order chi connectivity index (χ0) is 18.5. The van der Waals surface area contributed by atoms with Crippen LogP contribution in [0.25, 0.3) is 17.3 Å². The van der Waals surface area contributed by atoms with E-state index in [-0.39, 0.29) is 5.91 Å². The van der Waals surface area contributed by atoms with Crippen LogP contribution in [-0.2, 0) is 11.3 Å². The Morgan fingerprint density at radius 1 is 0.963 bits per heavy atom. The number of hydrogen-bond acceptors (Lipinski definition) is 2. The Labute approximate surface area is 159 Å². The minimum Gasteiger partial charge on any atom is -0.339 e. The molecule has 27 heavy (non-hydrogen) atoms. The molecule has 0 N–H and O–H groups in total. The molecule has 0 unspecified atom stereocenters. The number of carbonyl (C=O) groups is 1. The normalized spacial score (nSPS) is 14.1. The van der Waals surface area contributed by atoms with Crippen LogP contribution >= 0.6 is 0 Å². The third-order valence-electron chi connectivity index (χ3n) is 4.85. The van der Waals surface area contributed by atoms with Gasteiger partial charge in [0.2, 0.25) is 5.91 Å². The van der Waals surface area contributed by atoms with Crippen molar-refractivity contribution in [2.45, 2.75) is 19.4 Å². The van der Waals surface area contributed by atoms with Crippen molar-refractivity contribution in [3.63, 3.8) is 0 Å². The molecule has 1 aromatic heterocycles. The number of aromatic nitrogens is 2. The summed E-state index contributed by atoms with van der Waals surface area (Å²) >= 11 is 0. The molecule has 1 aliphatic rings. The van der Waals surface area contributed by atoms with E-state index in [1.165, 1.54) is 5.56 Å². The monoisotopic (exact) mass is 357 g/mol. The second-order valence-electron chi connectivity index (χ2n) is 6.85. The largest absolute Gasteiger partial charge is 0.339 e. The summed E-state index contributed by atoms with van der Waals surface area (Å²) < 4.78 is 1.94. The average molecular weight is 357 g/mol. The lowest BCUT2D eigenvalue weighted by molar-refractivity contribution is -0.124. The molecule has 4 rings (SSSR count). The number of amides is 1. The summed E-state index contributed by atoms with van der Waals surface area (Å²) in [5.41, 5.74) is 4.11. The molecule has 2 heterocycles. The molecular formula is C23H23N3O. The van der Waals surface area contributed by atoms with E-state index >= 15 is 0 Å². The predicted octanol–water partition coefficient (Wildman–Crippen LogP) is 4.23. The van der Waals surface area contributed by atoms with E-state index in [1.54, 1.807) is 6.08 Å². The van der Waals surface area contributed by atoms with Gasteiger partial charge >= 0.3 is 0 Å². The van der Waals surface area contributed by atoms with Gasteiger partial charge in [-0.25, -0.2) is 0 Å². The van der Waals surface area contributed by atoms with Crippen LogP contribution in [0, 0.1) is 0 Å². The van der Waals surface area contributed by atoms with Crippen molar-refractivity contribution in [1.82, 2.24) is 14.7 Å². The van der Waals surface area contributed by atoms with E-state index in [9.17, 15) is 4.79 Å². The highest BCUT2D eigenvalue weighted by Crippen LogP contribution is 2.23. The van der Waals surface area contributed by atoms with Crippen molar-refractivity contribution in [2.24, 2.45) is 0 Å². The van der Waals surface area contributed by atoms with E-state index in [0.29, 0.717) is 6.54 Å². The first-order valence-corrected chi connectivity index (χ1v) is 9.43. The maximum atomic E-state index is 12.4. The Morgan fingerprint density at radius 3 is 2.33 bits per heavy atom. The van der Waals surface area contributed by atoms with Gasteiger partial charge in [-0.2, -0.15) is 5.10 Å². The van der Waals surface area contributed by atoms with Crippen LogP contribution in [0.4, 0.5) is 0 Å². The number of likely N-dealkylation sites (tertiary alicyclic amines) is 1. The van der Waals surface area contributed by atoms with Gasteiger partial charge < -0.3 is 4.90 Å². The first-order valence-electron chi connectivity index (χ1n) is 9.43. The molecule has 0 atom stereocenters. The lowest BCUT2D eigenvalue weighted by Gasteiger charge is -2.11. The van der Waals surface area contributed by atoms with Crippen molar-refractivity contribution >= 4 is 12.0 Å². The second kappa shape index (κ2) is 8.04. The minimum absolute atomic E-state index is 0.0855. The fraction of sp³-hybridized carbons (Fsp3) is 0.217. The summed E-state index contributed by atoms with van der Waals surface area (Å²) in [6.07, 6.45) is 7.80. The molecule has 0 saturated carbocycles. The molecule has 1 amide bonds. The zero-order valence-electron chi connectivity index (χ0n) is 15.3. The van der Waals surface area contributed by atoms with Crippen LogP contribution in [0.1, 0.15) is 24.0 Å². The second-order valence-corrected chi connectivity index (χ2v) is 6.85. The van der Waals surface area contributed by atoms with Gasteiger partial charge in [-0.05, 0) is 24.5 Å². The van der Waals surface area contributed by atoms with Crippen molar-refractivity contribution < 1.29 is 4.79 Å². The molecule has 1 aliphatic heterocycles. The van der Waals surface area contributed by atoms with Gasteiger partial charge in [0.05, 0.1) is 12.2 Å². The molecule has 136 valence electrons. The van der Waals surface area contributed by atoms with Gasteiger partial charge in [0, 0.05) is 36.5 Å². The van der Waals surface area contributed by atoms with Gasteiger partial charge in [-0.15, -0.1) is 0 Å². The summed E-state index contributed by atoms with van der Waals surface area (Å²) in [4.78, 5) is 14.3. The van der Waals surface area contributed by atoms with E-state index < -0.39 is 0 Å². The fourth-order valence-electron chi connectivity index (χ4n) is 3.43. The van der Waals surface area contributed by atoms with Crippen molar-refractivity contribution in [2.75, 3.05) is 13.1 Å². The van der Waals surface area contributed by atoms with Crippen LogP contribution in [0.2, 0.25) is 0 Å². The topological polar surface area (TPSA) is 38.1 Å². The maximum Gasteiger partial charge on any atom is 0.246 e. The Balaban J connectivity index is 1.62. The SMILES string of the molecule is O=C(C=Cc1cn(Cc2ccccc2)nc1-c1ccccc1)N1CCCC1. The molecule has 0 spiro atoms. The highest BCUT2D eigenvalue weighted by molar-refractivity contribution is 5.93. The van der Waals surface area contributed by atoms with Gasteiger partial charge in [0.15, 0.2) is 0 Å². The minimum atomic E-state index is 0.0855. The summed E-state index contributed by atoms with van der Waals surface area (Å²) in [5.74, 6) is 0.0855. The van der Waals surface area contributed by atoms with Gasteiger partial charge in [0.1, 0.15) is 0 Å². The number of rotatable bonds is 5. The molecule has 0 aliphatic carbocycles. The van der Waals surface area contributed by atoms with Crippen LogP contribution in [0.3, 0.4) is 0 Å². The molecule has 0 bridgehead atoms. The summed E-state index contributed by atoms with van der Waals surface area (Å²) in [7, 11) is 0. The molecule has 3 aromatic rings. The fourth-order valence-corrected chi connectivity index (χ4v) is 3.43. The number of hydrogen-bond donors (Lipinski definition) is 0. The summed E-state index contributed by atoms with van der Waals surface area (Å²) in [6.45, 7) is 2.43. The molecule has 4 nitrogen and oxygen atoms in total. The third kappa shape index (κ3) is 4.17. The van der Waals surface area contributed by atoms with E-state index in [0.717, 1.165) is 42.8 Å². The standard InChI is InChI=1S/C23H23N3O/c27-22(25-15-7-8-16-25)14-13-21-18-26(17-19-9-3-1-4-10-19)24-23(21)20-11-5-2-6-12-20/h1-6,9-14,18H,7-8,15-17H2. The maximum absolute atomic E-state index is 12.4. The third-order valence-corrected chi connectivity index (χ3v) is 4.85. The van der Waals surface area contributed by atoms with Gasteiger partial charge in [0.25, 0.3) is 0 Å². The van der Waals surface area contributed by atoms with E-state index in [1.807, 2.05) is 58.3 Å². The quantitative estimate of drug-likeness (QED) is 0.641. The van der Waals surface area contributed by atoms with Crippen LogP contribution in [0.15, 0.2) is 72.9 Å². The van der Waals surface area contributed by atoms with Crippen molar-refractivity contribution in [1.29, 1.82) is 0 Å². The first-order chi connectivity index (χ1) is 13.3. The van der Waals surface area contributed by atoms with Crippen LogP contribution in [0.5, 0.6) is 0 Å². The van der Waals surface area contributed by atoms with Gasteiger partial charge in [-0.1, -0.05) is 60.7 Å². The molecule has 0 radical (unpaired) electrons. The molecule has 1 saturated heterocycles. The van der Waals surface area contributed by atoms with E-state index in [2.05, 4.69) is 24.3 Å². The average Bonchev–Trinajstić information content (AvgIpc) is 3.38. The first kappa shape index (κ1) is 17.3. The Bertz CT molecular complexity index is 923. The lowest BCUT2D eigenvalue weighted by atomic mass is 10.1. The predicted molar refractivity (Wildman–Crippen MR) is 108 cm³/mol. The number of nitrogens with zero attached hydrogens (tertiary/aromatic N) is 3. The van der Waals surface area contributed by atoms with Crippen LogP contribution < -0.4 is 0 Å². The molecular weight excluding hydrogens is 334 g/mol. The zero-order valence-corrected chi connectivity index (χ0v) is 15.3. The lowest BCUT2D eigenvalue weighted by Crippen LogP contribution is -2.25. The molecule has 1 fully saturated rings. The summed E-state index contributed by atoms with van der Waals surface area (Å²) in [5, 5.41) is 4.79. The summed E-state index contributed by atoms with van der Waals surface area (Å²) in [6, 6.07) is 20.4. The number of carbonyl (C=O) groups excluding carboxylic acids is 1. The van der Waals surface area contributed by atoms with Crippen molar-refractivity contribution in [3.8, 4) is 11.3 Å². The Kier molecular flexibility index (Phi) is 5.15. The van der Waals surface area contributed by atoms with Gasteiger partial charge in [-0.3, -0.25) is 9.48 Å². The smallest absolute Gasteiger partial charge is 0.246 e. The molecule has 4 heteroatoms. The Morgan fingerprint density at radius 2 is 1.63 bits per heavy atom. The number of benzene rings is 2. The van der Waals surface area contributed by atoms with Crippen LogP contribution in [-0.4, -0.2) is 33.7 Å². The highest BCUT2D eigenvalue weighted by atomic mass is 16.2. The molecule has 2 aromatic carbocycles. The highest BCUT2D eigenvalue weighted by Gasteiger charge is 2.16. The Hall–Kier alpha value is -3.14.